The average Bonchev–Trinajstić information content (AvgIpc) is 3.32. The lowest BCUT2D eigenvalue weighted by molar-refractivity contribution is 1.23. The summed E-state index contributed by atoms with van der Waals surface area (Å²) in [5.74, 6) is 0. The van der Waals surface area contributed by atoms with Crippen molar-refractivity contribution in [3.05, 3.63) is 71.3 Å². The van der Waals surface area contributed by atoms with Gasteiger partial charge in [-0.25, -0.2) is 9.97 Å². The standard InChI is InChI=1S/C20H14N4/c1-2-14-7-9-19(23-14)20-10-8-18(24-20)12-17-6-5-16(22-17)11-15-4-3-13(1)21-15/h1-12,21-22H. The van der Waals surface area contributed by atoms with Crippen molar-refractivity contribution >= 4 is 46.4 Å². The number of hydrogen-bond acceptors (Lipinski definition) is 2. The summed E-state index contributed by atoms with van der Waals surface area (Å²) in [4.78, 5) is 16.1. The maximum Gasteiger partial charge on any atom is 0.0894 e. The first-order chi connectivity index (χ1) is 11.8. The second-order valence-electron chi connectivity index (χ2n) is 5.87. The molecule has 8 bridgehead atoms. The van der Waals surface area contributed by atoms with Gasteiger partial charge >= 0.3 is 0 Å². The highest BCUT2D eigenvalue weighted by atomic mass is 14.8. The maximum atomic E-state index is 4.65. The molecule has 4 heteroatoms. The van der Waals surface area contributed by atoms with Gasteiger partial charge in [0.15, 0.2) is 0 Å². The van der Waals surface area contributed by atoms with Crippen LogP contribution < -0.4 is 0 Å². The first-order valence-corrected chi connectivity index (χ1v) is 7.85. The van der Waals surface area contributed by atoms with Gasteiger partial charge in [-0.1, -0.05) is 0 Å². The zero-order valence-corrected chi connectivity index (χ0v) is 12.8. The summed E-state index contributed by atoms with van der Waals surface area (Å²) in [7, 11) is 0. The molecule has 5 rings (SSSR count). The Morgan fingerprint density at radius 2 is 1.04 bits per heavy atom. The maximum absolute atomic E-state index is 4.65. The van der Waals surface area contributed by atoms with E-state index in [1.807, 2.05) is 42.5 Å². The molecule has 0 amide bonds. The molecular weight excluding hydrogens is 296 g/mol. The Morgan fingerprint density at radius 3 is 1.83 bits per heavy atom. The number of hydrogen-bond donors (Lipinski definition) is 2. The number of rotatable bonds is 0. The number of aromatic nitrogens is 4. The van der Waals surface area contributed by atoms with Crippen molar-refractivity contribution in [1.82, 2.24) is 19.9 Å². The Bertz CT molecular complexity index is 1160. The fraction of sp³-hybridized carbons (Fsp3) is 0. The molecule has 114 valence electrons. The van der Waals surface area contributed by atoms with Crippen molar-refractivity contribution in [3.63, 3.8) is 0 Å². The zero-order chi connectivity index (χ0) is 15.9. The van der Waals surface area contributed by atoms with E-state index in [2.05, 4.69) is 50.3 Å². The molecule has 5 heterocycles. The molecule has 0 aliphatic carbocycles. The van der Waals surface area contributed by atoms with E-state index in [1.165, 1.54) is 0 Å². The number of aromatic amines is 2. The van der Waals surface area contributed by atoms with E-state index in [4.69, 9.17) is 0 Å². The molecule has 4 nitrogen and oxygen atoms in total. The number of nitrogens with zero attached hydrogens (tertiary/aromatic N) is 2. The minimum Gasteiger partial charge on any atom is -0.355 e. The van der Waals surface area contributed by atoms with E-state index >= 15 is 0 Å². The fourth-order valence-electron chi connectivity index (χ4n) is 2.93. The van der Waals surface area contributed by atoms with Crippen LogP contribution in [0.5, 0.6) is 0 Å². The highest BCUT2D eigenvalue weighted by Crippen LogP contribution is 2.19. The van der Waals surface area contributed by atoms with Crippen LogP contribution in [0, 0.1) is 0 Å². The van der Waals surface area contributed by atoms with Crippen molar-refractivity contribution in [2.75, 3.05) is 0 Å². The van der Waals surface area contributed by atoms with Gasteiger partial charge < -0.3 is 9.97 Å². The van der Waals surface area contributed by atoms with Gasteiger partial charge in [-0.2, -0.15) is 0 Å². The second-order valence-corrected chi connectivity index (χ2v) is 5.87. The van der Waals surface area contributed by atoms with Gasteiger partial charge in [-0.15, -0.1) is 0 Å². The van der Waals surface area contributed by atoms with Crippen LogP contribution in [0.1, 0.15) is 22.8 Å². The first kappa shape index (κ1) is 13.1. The summed E-state index contributed by atoms with van der Waals surface area (Å²) < 4.78 is 0. The van der Waals surface area contributed by atoms with Crippen LogP contribution in [0.4, 0.5) is 0 Å². The SMILES string of the molecule is C1=Cc2nc1ccc1ccc(cc3ccc(cc4nc2C=C4)[nH]3)[nH]1. The van der Waals surface area contributed by atoms with E-state index in [0.29, 0.717) is 0 Å². The third kappa shape index (κ3) is 2.34. The molecule has 0 radical (unpaired) electrons. The minimum absolute atomic E-state index is 0.897. The highest BCUT2D eigenvalue weighted by molar-refractivity contribution is 5.81. The number of nitrogens with one attached hydrogen (secondary N) is 2. The minimum atomic E-state index is 0.897. The van der Waals surface area contributed by atoms with Crippen LogP contribution in [-0.2, 0) is 0 Å². The lowest BCUT2D eigenvalue weighted by Gasteiger charge is -1.87. The summed E-state index contributed by atoms with van der Waals surface area (Å²) in [6, 6.07) is 16.4. The van der Waals surface area contributed by atoms with Crippen LogP contribution in [0.3, 0.4) is 0 Å². The molecule has 2 N–H and O–H groups in total. The Kier molecular flexibility index (Phi) is 2.76. The van der Waals surface area contributed by atoms with E-state index in [9.17, 15) is 0 Å². The van der Waals surface area contributed by atoms with E-state index in [-0.39, 0.29) is 0 Å². The topological polar surface area (TPSA) is 57.4 Å². The molecule has 2 aliphatic heterocycles. The summed E-state index contributed by atoms with van der Waals surface area (Å²) in [6.07, 6.45) is 8.03. The Morgan fingerprint density at radius 1 is 0.500 bits per heavy atom. The third-order valence-corrected chi connectivity index (χ3v) is 4.10. The van der Waals surface area contributed by atoms with Gasteiger partial charge in [-0.3, -0.25) is 0 Å². The Labute approximate surface area is 138 Å². The predicted molar refractivity (Wildman–Crippen MR) is 98.9 cm³/mol. The predicted octanol–water partition coefficient (Wildman–Crippen LogP) is 4.66. The zero-order valence-electron chi connectivity index (χ0n) is 12.8. The number of H-pyrrole nitrogens is 2. The molecule has 0 saturated heterocycles. The Hall–Kier alpha value is -3.40. The van der Waals surface area contributed by atoms with Crippen molar-refractivity contribution in [2.45, 2.75) is 0 Å². The van der Waals surface area contributed by atoms with Gasteiger partial charge in [0.2, 0.25) is 0 Å². The summed E-state index contributed by atoms with van der Waals surface area (Å²) >= 11 is 0. The van der Waals surface area contributed by atoms with E-state index in [0.717, 1.165) is 44.8 Å². The van der Waals surface area contributed by atoms with Crippen molar-refractivity contribution in [2.24, 2.45) is 0 Å². The number of fused-ring (bicyclic) bond motifs is 9. The lowest BCUT2D eigenvalue weighted by Crippen LogP contribution is -1.81. The highest BCUT2D eigenvalue weighted by Gasteiger charge is 2.06. The average molecular weight is 310 g/mol. The molecule has 0 saturated carbocycles. The van der Waals surface area contributed by atoms with Gasteiger partial charge in [0.25, 0.3) is 0 Å². The molecule has 0 unspecified atom stereocenters. The molecule has 3 aromatic heterocycles. The summed E-state index contributed by atoms with van der Waals surface area (Å²) in [6.45, 7) is 0. The lowest BCUT2D eigenvalue weighted by atomic mass is 10.3. The molecular formula is C20H14N4. The molecule has 0 fully saturated rings. The van der Waals surface area contributed by atoms with Gasteiger partial charge in [0.1, 0.15) is 0 Å². The van der Waals surface area contributed by atoms with Gasteiger partial charge in [0, 0.05) is 22.1 Å². The van der Waals surface area contributed by atoms with Crippen LogP contribution in [0.15, 0.2) is 48.5 Å². The Balaban J connectivity index is 1.86. The van der Waals surface area contributed by atoms with Crippen LogP contribution in [-0.4, -0.2) is 19.9 Å². The summed E-state index contributed by atoms with van der Waals surface area (Å²) in [5.41, 5.74) is 7.83. The normalized spacial score (nSPS) is 12.7. The van der Waals surface area contributed by atoms with Gasteiger partial charge in [0.05, 0.1) is 22.8 Å². The van der Waals surface area contributed by atoms with Crippen molar-refractivity contribution in [3.8, 4) is 0 Å². The smallest absolute Gasteiger partial charge is 0.0894 e. The molecule has 0 aromatic carbocycles. The quantitative estimate of drug-likeness (QED) is 0.437. The second kappa shape index (κ2) is 5.06. The van der Waals surface area contributed by atoms with Crippen LogP contribution in [0.2, 0.25) is 0 Å². The molecule has 0 atom stereocenters. The monoisotopic (exact) mass is 310 g/mol. The van der Waals surface area contributed by atoms with Crippen molar-refractivity contribution < 1.29 is 0 Å². The first-order valence-electron chi connectivity index (χ1n) is 7.85. The van der Waals surface area contributed by atoms with Crippen LogP contribution >= 0.6 is 0 Å². The fourth-order valence-corrected chi connectivity index (χ4v) is 2.93. The summed E-state index contributed by atoms with van der Waals surface area (Å²) in [5, 5.41) is 0. The van der Waals surface area contributed by atoms with Crippen LogP contribution in [0.25, 0.3) is 46.4 Å². The molecule has 2 aliphatic rings. The third-order valence-electron chi connectivity index (χ3n) is 4.10. The molecule has 0 spiro atoms. The molecule has 24 heavy (non-hydrogen) atoms. The largest absolute Gasteiger partial charge is 0.355 e. The van der Waals surface area contributed by atoms with E-state index < -0.39 is 0 Å². The van der Waals surface area contributed by atoms with E-state index in [1.54, 1.807) is 0 Å². The van der Waals surface area contributed by atoms with Gasteiger partial charge in [-0.05, 0) is 72.8 Å². The molecule has 3 aromatic rings. The van der Waals surface area contributed by atoms with Crippen molar-refractivity contribution in [1.29, 1.82) is 0 Å².